The van der Waals surface area contributed by atoms with Crippen LogP contribution in [0.1, 0.15) is 41.1 Å². The van der Waals surface area contributed by atoms with Gasteiger partial charge in [0.1, 0.15) is 5.75 Å². The molecule has 2 aromatic carbocycles. The zero-order valence-electron chi connectivity index (χ0n) is 17.0. The predicted molar refractivity (Wildman–Crippen MR) is 116 cm³/mol. The molecule has 1 aliphatic heterocycles. The van der Waals surface area contributed by atoms with Gasteiger partial charge in [0.25, 0.3) is 5.91 Å². The van der Waals surface area contributed by atoms with Crippen LogP contribution in [0.5, 0.6) is 5.75 Å². The minimum Gasteiger partial charge on any atom is -0.483 e. The fraction of sp³-hybridized carbons (Fsp3) is 0.435. The second-order valence-electron chi connectivity index (χ2n) is 7.46. The zero-order chi connectivity index (χ0) is 19.2. The monoisotopic (exact) mass is 402 g/mol. The van der Waals surface area contributed by atoms with Crippen LogP contribution in [-0.2, 0) is 4.79 Å². The molecule has 1 amide bonds. The lowest BCUT2D eigenvalue weighted by Gasteiger charge is -2.28. The maximum Gasteiger partial charge on any atom is 0.258 e. The molecule has 4 nitrogen and oxygen atoms in total. The molecule has 152 valence electrons. The summed E-state index contributed by atoms with van der Waals surface area (Å²) in [6.45, 7) is 9.00. The Kier molecular flexibility index (Phi) is 8.34. The summed E-state index contributed by atoms with van der Waals surface area (Å²) in [7, 11) is 0. The number of nitrogens with one attached hydrogen (secondary N) is 1. The van der Waals surface area contributed by atoms with E-state index in [1.54, 1.807) is 0 Å². The summed E-state index contributed by atoms with van der Waals surface area (Å²) in [6.07, 6.45) is 2.46. The van der Waals surface area contributed by atoms with Gasteiger partial charge in [-0.25, -0.2) is 0 Å². The smallest absolute Gasteiger partial charge is 0.258 e. The van der Waals surface area contributed by atoms with Gasteiger partial charge in [-0.2, -0.15) is 0 Å². The predicted octanol–water partition coefficient (Wildman–Crippen LogP) is 4.37. The Bertz CT molecular complexity index is 771. The van der Waals surface area contributed by atoms with E-state index in [-0.39, 0.29) is 31.0 Å². The number of benzene rings is 2. The quantitative estimate of drug-likeness (QED) is 0.747. The lowest BCUT2D eigenvalue weighted by molar-refractivity contribution is -0.123. The number of carbonyl (C=O) groups is 1. The van der Waals surface area contributed by atoms with Crippen molar-refractivity contribution in [3.8, 4) is 5.75 Å². The Hall–Kier alpha value is -2.04. The Morgan fingerprint density at radius 3 is 2.43 bits per heavy atom. The molecular formula is C23H31ClN2O2. The molecule has 1 unspecified atom stereocenters. The molecule has 2 aromatic rings. The van der Waals surface area contributed by atoms with Gasteiger partial charge < -0.3 is 10.1 Å². The number of carbonyl (C=O) groups excluding carboxylic acids is 1. The standard InChI is InChI=1S/C23H30N2O2.ClH/c1-17-9-11-20(12-10-17)21(25-13-4-5-14-25)15-24-23(26)16-27-22-8-6-7-18(2)19(22)3;/h6-12,21H,4-5,13-16H2,1-3H3,(H,24,26);1H. The molecule has 0 aromatic heterocycles. The highest BCUT2D eigenvalue weighted by Crippen LogP contribution is 2.25. The first-order valence-corrected chi connectivity index (χ1v) is 9.81. The van der Waals surface area contributed by atoms with Crippen molar-refractivity contribution in [2.24, 2.45) is 0 Å². The molecular weight excluding hydrogens is 372 g/mol. The van der Waals surface area contributed by atoms with Gasteiger partial charge in [-0.1, -0.05) is 42.0 Å². The number of hydrogen-bond donors (Lipinski definition) is 1. The third kappa shape index (κ3) is 5.73. The number of hydrogen-bond acceptors (Lipinski definition) is 3. The van der Waals surface area contributed by atoms with Gasteiger partial charge in [-0.15, -0.1) is 12.4 Å². The van der Waals surface area contributed by atoms with E-state index in [1.807, 2.05) is 32.0 Å². The Balaban J connectivity index is 0.00000280. The van der Waals surface area contributed by atoms with Crippen LogP contribution in [0.25, 0.3) is 0 Å². The van der Waals surface area contributed by atoms with Crippen molar-refractivity contribution in [1.82, 2.24) is 10.2 Å². The fourth-order valence-electron chi connectivity index (χ4n) is 3.59. The van der Waals surface area contributed by atoms with Crippen molar-refractivity contribution in [3.63, 3.8) is 0 Å². The molecule has 1 N–H and O–H groups in total. The molecule has 0 spiro atoms. The maximum atomic E-state index is 12.4. The highest BCUT2D eigenvalue weighted by molar-refractivity contribution is 5.85. The second-order valence-corrected chi connectivity index (χ2v) is 7.46. The number of nitrogens with zero attached hydrogens (tertiary/aromatic N) is 1. The average molecular weight is 403 g/mol. The summed E-state index contributed by atoms with van der Waals surface area (Å²) in [4.78, 5) is 14.8. The van der Waals surface area contributed by atoms with Crippen molar-refractivity contribution in [2.45, 2.75) is 39.7 Å². The lowest BCUT2D eigenvalue weighted by atomic mass is 10.0. The van der Waals surface area contributed by atoms with Crippen molar-refractivity contribution in [2.75, 3.05) is 26.2 Å². The molecule has 1 aliphatic rings. The van der Waals surface area contributed by atoms with Crippen LogP contribution >= 0.6 is 12.4 Å². The van der Waals surface area contributed by atoms with Gasteiger partial charge in [-0.3, -0.25) is 9.69 Å². The summed E-state index contributed by atoms with van der Waals surface area (Å²) in [5, 5.41) is 3.07. The van der Waals surface area contributed by atoms with Crippen LogP contribution in [0.4, 0.5) is 0 Å². The summed E-state index contributed by atoms with van der Waals surface area (Å²) in [5.41, 5.74) is 4.77. The molecule has 3 rings (SSSR count). The van der Waals surface area contributed by atoms with Crippen molar-refractivity contribution < 1.29 is 9.53 Å². The number of halogens is 1. The van der Waals surface area contributed by atoms with Crippen molar-refractivity contribution >= 4 is 18.3 Å². The van der Waals surface area contributed by atoms with Crippen LogP contribution in [-0.4, -0.2) is 37.0 Å². The van der Waals surface area contributed by atoms with Gasteiger partial charge in [0.05, 0.1) is 6.04 Å². The molecule has 1 heterocycles. The average Bonchev–Trinajstić information content (AvgIpc) is 3.19. The van der Waals surface area contributed by atoms with E-state index in [1.165, 1.54) is 29.5 Å². The molecule has 1 fully saturated rings. The van der Waals surface area contributed by atoms with Gasteiger partial charge in [0.15, 0.2) is 6.61 Å². The highest BCUT2D eigenvalue weighted by atomic mass is 35.5. The fourth-order valence-corrected chi connectivity index (χ4v) is 3.59. The highest BCUT2D eigenvalue weighted by Gasteiger charge is 2.24. The van der Waals surface area contributed by atoms with Crippen LogP contribution in [0.15, 0.2) is 42.5 Å². The number of aryl methyl sites for hydroxylation is 2. The first-order valence-electron chi connectivity index (χ1n) is 9.81. The van der Waals surface area contributed by atoms with Gasteiger partial charge in [0.2, 0.25) is 0 Å². The zero-order valence-corrected chi connectivity index (χ0v) is 17.8. The molecule has 28 heavy (non-hydrogen) atoms. The maximum absolute atomic E-state index is 12.4. The molecule has 0 bridgehead atoms. The topological polar surface area (TPSA) is 41.6 Å². The Morgan fingerprint density at radius 1 is 1.07 bits per heavy atom. The van der Waals surface area contributed by atoms with Crippen molar-refractivity contribution in [1.29, 1.82) is 0 Å². The largest absolute Gasteiger partial charge is 0.483 e. The molecule has 0 saturated carbocycles. The first kappa shape index (κ1) is 22.3. The van der Waals surface area contributed by atoms with Crippen LogP contribution in [0.2, 0.25) is 0 Å². The van der Waals surface area contributed by atoms with Crippen LogP contribution in [0, 0.1) is 20.8 Å². The van der Waals surface area contributed by atoms with E-state index in [0.717, 1.165) is 24.4 Å². The van der Waals surface area contributed by atoms with E-state index in [4.69, 9.17) is 4.74 Å². The Labute approximate surface area is 174 Å². The van der Waals surface area contributed by atoms with E-state index < -0.39 is 0 Å². The van der Waals surface area contributed by atoms with Crippen LogP contribution in [0.3, 0.4) is 0 Å². The third-order valence-corrected chi connectivity index (χ3v) is 5.45. The second kappa shape index (κ2) is 10.5. The van der Waals surface area contributed by atoms with Crippen molar-refractivity contribution in [3.05, 3.63) is 64.7 Å². The van der Waals surface area contributed by atoms with Gasteiger partial charge >= 0.3 is 0 Å². The minimum absolute atomic E-state index is 0. The SMILES string of the molecule is Cc1ccc(C(CNC(=O)COc2cccc(C)c2C)N2CCCC2)cc1.Cl. The van der Waals surface area contributed by atoms with Gasteiger partial charge in [0, 0.05) is 6.54 Å². The van der Waals surface area contributed by atoms with E-state index in [2.05, 4.69) is 41.4 Å². The molecule has 0 radical (unpaired) electrons. The molecule has 1 atom stereocenters. The molecule has 0 aliphatic carbocycles. The van der Waals surface area contributed by atoms with Gasteiger partial charge in [-0.05, 0) is 69.5 Å². The Morgan fingerprint density at radius 2 is 1.75 bits per heavy atom. The first-order chi connectivity index (χ1) is 13.0. The summed E-state index contributed by atoms with van der Waals surface area (Å²) in [5.74, 6) is 0.701. The van der Waals surface area contributed by atoms with Crippen LogP contribution < -0.4 is 10.1 Å². The molecule has 5 heteroatoms. The number of ether oxygens (including phenoxy) is 1. The summed E-state index contributed by atoms with van der Waals surface area (Å²) >= 11 is 0. The summed E-state index contributed by atoms with van der Waals surface area (Å²) in [6, 6.07) is 14.8. The van der Waals surface area contributed by atoms with E-state index >= 15 is 0 Å². The lowest BCUT2D eigenvalue weighted by Crippen LogP contribution is -2.38. The van der Waals surface area contributed by atoms with E-state index in [9.17, 15) is 4.79 Å². The summed E-state index contributed by atoms with van der Waals surface area (Å²) < 4.78 is 5.73. The number of amides is 1. The number of likely N-dealkylation sites (tertiary alicyclic amines) is 1. The third-order valence-electron chi connectivity index (χ3n) is 5.45. The number of rotatable bonds is 7. The minimum atomic E-state index is -0.0767. The normalized spacial score (nSPS) is 15.0. The molecule has 1 saturated heterocycles. The van der Waals surface area contributed by atoms with E-state index in [0.29, 0.717) is 6.54 Å².